The molecular formula is C16H12N4. The Kier molecular flexibility index (Phi) is 2.39. The van der Waals surface area contributed by atoms with Crippen LogP contribution in [0.5, 0.6) is 0 Å². The molecule has 0 aliphatic carbocycles. The number of hydrogen-bond donors (Lipinski definition) is 2. The van der Waals surface area contributed by atoms with Crippen LogP contribution in [0.15, 0.2) is 61.4 Å². The number of benzene rings is 2. The maximum absolute atomic E-state index is 4.11. The quantitative estimate of drug-likeness (QED) is 0.578. The van der Waals surface area contributed by atoms with Crippen molar-refractivity contribution in [2.24, 2.45) is 0 Å². The SMILES string of the molecule is c1ccc2c(-c3cnc[nH]3)ccc(-c3cnc[nH]3)c2c1. The minimum absolute atomic E-state index is 1.03. The fourth-order valence-corrected chi connectivity index (χ4v) is 2.58. The maximum atomic E-state index is 4.11. The summed E-state index contributed by atoms with van der Waals surface area (Å²) in [5.41, 5.74) is 4.36. The van der Waals surface area contributed by atoms with Crippen molar-refractivity contribution in [1.82, 2.24) is 19.9 Å². The molecule has 0 atom stereocenters. The normalized spacial score (nSPS) is 11.0. The van der Waals surface area contributed by atoms with E-state index in [0.29, 0.717) is 0 Å². The summed E-state index contributed by atoms with van der Waals surface area (Å²) >= 11 is 0. The van der Waals surface area contributed by atoms with Crippen LogP contribution in [0, 0.1) is 0 Å². The van der Waals surface area contributed by atoms with Crippen molar-refractivity contribution < 1.29 is 0 Å². The van der Waals surface area contributed by atoms with Crippen LogP contribution in [0.3, 0.4) is 0 Å². The summed E-state index contributed by atoms with van der Waals surface area (Å²) in [5.74, 6) is 0. The minimum atomic E-state index is 1.03. The Morgan fingerprint density at radius 1 is 0.650 bits per heavy atom. The Morgan fingerprint density at radius 3 is 1.55 bits per heavy atom. The lowest BCUT2D eigenvalue weighted by molar-refractivity contribution is 1.31. The van der Waals surface area contributed by atoms with Crippen molar-refractivity contribution >= 4 is 10.8 Å². The lowest BCUT2D eigenvalue weighted by Gasteiger charge is -2.09. The first-order valence-electron chi connectivity index (χ1n) is 6.43. The van der Waals surface area contributed by atoms with Gasteiger partial charge in [0.25, 0.3) is 0 Å². The Balaban J connectivity index is 2.05. The van der Waals surface area contributed by atoms with Gasteiger partial charge in [0, 0.05) is 11.1 Å². The zero-order valence-electron chi connectivity index (χ0n) is 10.7. The first-order valence-corrected chi connectivity index (χ1v) is 6.43. The molecule has 0 aliphatic heterocycles. The van der Waals surface area contributed by atoms with Crippen LogP contribution in [0.25, 0.3) is 33.3 Å². The number of aromatic amines is 2. The molecule has 4 heteroatoms. The second-order valence-electron chi connectivity index (χ2n) is 4.64. The molecule has 0 amide bonds. The number of nitrogens with one attached hydrogen (secondary N) is 2. The molecule has 96 valence electrons. The summed E-state index contributed by atoms with van der Waals surface area (Å²) in [6.45, 7) is 0. The van der Waals surface area contributed by atoms with Crippen LogP contribution in [-0.2, 0) is 0 Å². The fourth-order valence-electron chi connectivity index (χ4n) is 2.58. The Morgan fingerprint density at radius 2 is 1.15 bits per heavy atom. The van der Waals surface area contributed by atoms with Crippen molar-refractivity contribution in [3.8, 4) is 22.5 Å². The molecule has 0 unspecified atom stereocenters. The van der Waals surface area contributed by atoms with E-state index in [4.69, 9.17) is 0 Å². The maximum Gasteiger partial charge on any atom is 0.0924 e. The molecule has 0 spiro atoms. The minimum Gasteiger partial charge on any atom is -0.345 e. The highest BCUT2D eigenvalue weighted by atomic mass is 14.9. The van der Waals surface area contributed by atoms with Crippen molar-refractivity contribution in [3.05, 3.63) is 61.4 Å². The topological polar surface area (TPSA) is 57.4 Å². The largest absolute Gasteiger partial charge is 0.345 e. The van der Waals surface area contributed by atoms with Crippen molar-refractivity contribution in [1.29, 1.82) is 0 Å². The van der Waals surface area contributed by atoms with E-state index in [1.165, 1.54) is 10.8 Å². The molecule has 2 aromatic carbocycles. The third kappa shape index (κ3) is 1.62. The summed E-state index contributed by atoms with van der Waals surface area (Å²) < 4.78 is 0. The molecule has 4 rings (SSSR count). The molecule has 4 aromatic rings. The Labute approximate surface area is 115 Å². The van der Waals surface area contributed by atoms with Crippen molar-refractivity contribution in [3.63, 3.8) is 0 Å². The number of rotatable bonds is 2. The summed E-state index contributed by atoms with van der Waals surface area (Å²) in [4.78, 5) is 14.5. The molecule has 2 aromatic heterocycles. The van der Waals surface area contributed by atoms with Gasteiger partial charge in [-0.15, -0.1) is 0 Å². The average molecular weight is 260 g/mol. The monoisotopic (exact) mass is 260 g/mol. The van der Waals surface area contributed by atoms with E-state index in [-0.39, 0.29) is 0 Å². The van der Waals surface area contributed by atoms with Gasteiger partial charge in [0.2, 0.25) is 0 Å². The highest BCUT2D eigenvalue weighted by molar-refractivity contribution is 6.03. The lowest BCUT2D eigenvalue weighted by Crippen LogP contribution is -1.86. The molecule has 0 saturated carbocycles. The van der Waals surface area contributed by atoms with E-state index in [9.17, 15) is 0 Å². The number of hydrogen-bond acceptors (Lipinski definition) is 2. The molecule has 0 bridgehead atoms. The predicted molar refractivity (Wildman–Crippen MR) is 79.1 cm³/mol. The summed E-state index contributed by atoms with van der Waals surface area (Å²) in [5, 5.41) is 2.40. The third-order valence-corrected chi connectivity index (χ3v) is 3.50. The molecule has 4 nitrogen and oxygen atoms in total. The summed E-state index contributed by atoms with van der Waals surface area (Å²) in [6.07, 6.45) is 7.09. The zero-order chi connectivity index (χ0) is 13.4. The molecule has 2 N–H and O–H groups in total. The Bertz CT molecular complexity index is 773. The van der Waals surface area contributed by atoms with Gasteiger partial charge in [-0.05, 0) is 10.8 Å². The molecule has 2 heterocycles. The van der Waals surface area contributed by atoms with Gasteiger partial charge in [-0.3, -0.25) is 0 Å². The van der Waals surface area contributed by atoms with Gasteiger partial charge in [-0.25, -0.2) is 9.97 Å². The second kappa shape index (κ2) is 4.35. The van der Waals surface area contributed by atoms with Crippen LogP contribution >= 0.6 is 0 Å². The number of aromatic nitrogens is 4. The molecule has 0 radical (unpaired) electrons. The van der Waals surface area contributed by atoms with Crippen LogP contribution in [-0.4, -0.2) is 19.9 Å². The second-order valence-corrected chi connectivity index (χ2v) is 4.64. The van der Waals surface area contributed by atoms with Crippen LogP contribution in [0.4, 0.5) is 0 Å². The highest BCUT2D eigenvalue weighted by Gasteiger charge is 2.10. The van der Waals surface area contributed by atoms with Gasteiger partial charge < -0.3 is 9.97 Å². The first-order chi connectivity index (χ1) is 9.93. The highest BCUT2D eigenvalue weighted by Crippen LogP contribution is 2.33. The first kappa shape index (κ1) is 11.0. The number of fused-ring (bicyclic) bond motifs is 1. The van der Waals surface area contributed by atoms with Crippen molar-refractivity contribution in [2.75, 3.05) is 0 Å². The lowest BCUT2D eigenvalue weighted by atomic mass is 9.97. The van der Waals surface area contributed by atoms with Gasteiger partial charge in [0.1, 0.15) is 0 Å². The van der Waals surface area contributed by atoms with Crippen LogP contribution < -0.4 is 0 Å². The van der Waals surface area contributed by atoms with Crippen LogP contribution in [0.1, 0.15) is 0 Å². The van der Waals surface area contributed by atoms with E-state index in [2.05, 4.69) is 56.3 Å². The molecular weight excluding hydrogens is 248 g/mol. The Hall–Kier alpha value is -2.88. The van der Waals surface area contributed by atoms with Gasteiger partial charge in [0.05, 0.1) is 36.4 Å². The fraction of sp³-hybridized carbons (Fsp3) is 0. The molecule has 0 fully saturated rings. The molecule has 20 heavy (non-hydrogen) atoms. The smallest absolute Gasteiger partial charge is 0.0924 e. The molecule has 0 saturated heterocycles. The van der Waals surface area contributed by atoms with Gasteiger partial charge in [-0.1, -0.05) is 36.4 Å². The standard InChI is InChI=1S/C16H12N4/c1-2-4-12-11(3-1)13(15-7-17-9-19-15)5-6-14(12)16-8-18-10-20-16/h1-10H,(H,17,19)(H,18,20). The number of H-pyrrole nitrogens is 2. The average Bonchev–Trinajstić information content (AvgIpc) is 3.19. The number of imidazole rings is 2. The van der Waals surface area contributed by atoms with E-state index in [0.717, 1.165) is 22.5 Å². The number of nitrogens with zero attached hydrogens (tertiary/aromatic N) is 2. The van der Waals surface area contributed by atoms with Gasteiger partial charge in [0.15, 0.2) is 0 Å². The van der Waals surface area contributed by atoms with Crippen LogP contribution in [0.2, 0.25) is 0 Å². The zero-order valence-corrected chi connectivity index (χ0v) is 10.7. The van der Waals surface area contributed by atoms with E-state index < -0.39 is 0 Å². The van der Waals surface area contributed by atoms with Gasteiger partial charge in [-0.2, -0.15) is 0 Å². The van der Waals surface area contributed by atoms with Gasteiger partial charge >= 0.3 is 0 Å². The summed E-state index contributed by atoms with van der Waals surface area (Å²) in [7, 11) is 0. The van der Waals surface area contributed by atoms with E-state index in [1.54, 1.807) is 12.7 Å². The summed E-state index contributed by atoms with van der Waals surface area (Å²) in [6, 6.07) is 12.6. The van der Waals surface area contributed by atoms with E-state index >= 15 is 0 Å². The molecule has 0 aliphatic rings. The van der Waals surface area contributed by atoms with Crippen molar-refractivity contribution in [2.45, 2.75) is 0 Å². The third-order valence-electron chi connectivity index (χ3n) is 3.50. The predicted octanol–water partition coefficient (Wildman–Crippen LogP) is 3.62. The van der Waals surface area contributed by atoms with E-state index in [1.807, 2.05) is 12.4 Å².